The highest BCUT2D eigenvalue weighted by Crippen LogP contribution is 2.35. The number of hydrogen-bond acceptors (Lipinski definition) is 3. The summed E-state index contributed by atoms with van der Waals surface area (Å²) in [6.45, 7) is 4.95. The quantitative estimate of drug-likeness (QED) is 0.130. The van der Waals surface area contributed by atoms with E-state index in [9.17, 15) is 13.3 Å². The van der Waals surface area contributed by atoms with Crippen LogP contribution in [0.2, 0.25) is 0 Å². The Morgan fingerprint density at radius 2 is 1.29 bits per heavy atom. The summed E-state index contributed by atoms with van der Waals surface area (Å²) in [6.07, 6.45) is 14.2. The molecule has 0 heterocycles. The molecule has 1 atom stereocenters. The lowest BCUT2D eigenvalue weighted by Gasteiger charge is -2.15. The molecular formula is C26H45F2O5P. The van der Waals surface area contributed by atoms with Crippen LogP contribution in [0.25, 0.3) is 0 Å². The molecule has 0 spiro atoms. The third-order valence-corrected chi connectivity index (χ3v) is 6.84. The van der Waals surface area contributed by atoms with Crippen molar-refractivity contribution < 1.29 is 32.6 Å². The van der Waals surface area contributed by atoms with Gasteiger partial charge in [0.1, 0.15) is 0 Å². The lowest BCUT2D eigenvalue weighted by molar-refractivity contribution is 0.232. The number of benzene rings is 1. The molecule has 0 amide bonds. The van der Waals surface area contributed by atoms with E-state index >= 15 is 0 Å². The van der Waals surface area contributed by atoms with Crippen molar-refractivity contribution in [3.05, 3.63) is 23.8 Å². The van der Waals surface area contributed by atoms with Crippen molar-refractivity contribution in [1.29, 1.82) is 0 Å². The van der Waals surface area contributed by atoms with E-state index in [0.29, 0.717) is 25.6 Å². The summed E-state index contributed by atoms with van der Waals surface area (Å²) in [6, 6.07) is 2.88. The zero-order valence-electron chi connectivity index (χ0n) is 21.1. The highest BCUT2D eigenvalue weighted by molar-refractivity contribution is 7.51. The standard InChI is InChI=1S/C26H45F2O5P/c1-3-4-5-13-16-22(2)21-33-24-18-17-23(25(27)26(24)28)32-19-14-11-9-7-6-8-10-12-15-20-34(29,30)31/h17-18,22H,3-16,19-21H2,1-2H3,(H2,29,30,31). The van der Waals surface area contributed by atoms with Crippen LogP contribution in [0.15, 0.2) is 12.1 Å². The average molecular weight is 507 g/mol. The lowest BCUT2D eigenvalue weighted by atomic mass is 10.0. The molecule has 0 bridgehead atoms. The molecule has 0 fully saturated rings. The summed E-state index contributed by atoms with van der Waals surface area (Å²) < 4.78 is 50.4. The molecule has 1 aromatic carbocycles. The molecule has 0 aliphatic carbocycles. The van der Waals surface area contributed by atoms with E-state index < -0.39 is 19.2 Å². The van der Waals surface area contributed by atoms with Gasteiger partial charge < -0.3 is 19.3 Å². The van der Waals surface area contributed by atoms with Gasteiger partial charge in [0.2, 0.25) is 11.6 Å². The Morgan fingerprint density at radius 3 is 1.85 bits per heavy atom. The normalized spacial score (nSPS) is 12.6. The first kappa shape index (κ1) is 30.9. The highest BCUT2D eigenvalue weighted by Gasteiger charge is 2.16. The van der Waals surface area contributed by atoms with Gasteiger partial charge in [-0.15, -0.1) is 0 Å². The molecule has 0 aliphatic heterocycles. The molecular weight excluding hydrogens is 461 g/mol. The Hall–Kier alpha value is -1.17. The molecule has 0 aromatic heterocycles. The minimum atomic E-state index is -3.85. The van der Waals surface area contributed by atoms with Crippen molar-refractivity contribution in [3.8, 4) is 11.5 Å². The first-order valence-electron chi connectivity index (χ1n) is 13.0. The molecule has 0 aliphatic rings. The van der Waals surface area contributed by atoms with Crippen LogP contribution in [0, 0.1) is 17.6 Å². The van der Waals surface area contributed by atoms with Crippen molar-refractivity contribution >= 4 is 7.60 Å². The van der Waals surface area contributed by atoms with Gasteiger partial charge >= 0.3 is 7.60 Å². The van der Waals surface area contributed by atoms with E-state index in [1.54, 1.807) is 0 Å². The highest BCUT2D eigenvalue weighted by atomic mass is 31.2. The first-order valence-corrected chi connectivity index (χ1v) is 14.8. The van der Waals surface area contributed by atoms with Crippen LogP contribution in [0.4, 0.5) is 8.78 Å². The van der Waals surface area contributed by atoms with Crippen LogP contribution in [0.3, 0.4) is 0 Å². The third-order valence-electron chi connectivity index (χ3n) is 5.94. The van der Waals surface area contributed by atoms with Crippen LogP contribution in [0.5, 0.6) is 11.5 Å². The molecule has 2 N–H and O–H groups in total. The van der Waals surface area contributed by atoms with Crippen LogP contribution < -0.4 is 9.47 Å². The fourth-order valence-corrected chi connectivity index (χ4v) is 4.45. The zero-order valence-corrected chi connectivity index (χ0v) is 22.0. The predicted molar refractivity (Wildman–Crippen MR) is 134 cm³/mol. The SMILES string of the molecule is CCCCCCC(C)COc1ccc(OCCCCCCCCCCCP(=O)(O)O)c(F)c1F. The summed E-state index contributed by atoms with van der Waals surface area (Å²) >= 11 is 0. The largest absolute Gasteiger partial charge is 0.490 e. The summed E-state index contributed by atoms with van der Waals surface area (Å²) in [7, 11) is -3.85. The van der Waals surface area contributed by atoms with Gasteiger partial charge in [-0.2, -0.15) is 8.78 Å². The van der Waals surface area contributed by atoms with E-state index in [1.807, 2.05) is 0 Å². The van der Waals surface area contributed by atoms with Crippen molar-refractivity contribution in [3.63, 3.8) is 0 Å². The van der Waals surface area contributed by atoms with Gasteiger partial charge in [-0.1, -0.05) is 84.5 Å². The Morgan fingerprint density at radius 1 is 0.794 bits per heavy atom. The fraction of sp³-hybridized carbons (Fsp3) is 0.769. The van der Waals surface area contributed by atoms with Crippen LogP contribution >= 0.6 is 7.60 Å². The smallest absolute Gasteiger partial charge is 0.325 e. The number of ether oxygens (including phenoxy) is 2. The minimum Gasteiger partial charge on any atom is -0.490 e. The number of rotatable bonds is 21. The van der Waals surface area contributed by atoms with E-state index in [0.717, 1.165) is 64.2 Å². The predicted octanol–water partition coefficient (Wildman–Crippen LogP) is 8.02. The van der Waals surface area contributed by atoms with Gasteiger partial charge in [0.05, 0.1) is 13.2 Å². The van der Waals surface area contributed by atoms with E-state index in [-0.39, 0.29) is 17.7 Å². The number of hydrogen-bond donors (Lipinski definition) is 2. The molecule has 0 saturated carbocycles. The molecule has 0 saturated heterocycles. The zero-order chi connectivity index (χ0) is 25.2. The maximum Gasteiger partial charge on any atom is 0.325 e. The Bertz CT molecular complexity index is 711. The van der Waals surface area contributed by atoms with E-state index in [1.165, 1.54) is 31.4 Å². The molecule has 1 rings (SSSR count). The van der Waals surface area contributed by atoms with Crippen molar-refractivity contribution in [1.82, 2.24) is 0 Å². The number of halogens is 2. The Kier molecular flexibility index (Phi) is 16.5. The van der Waals surface area contributed by atoms with Crippen molar-refractivity contribution in [2.45, 2.75) is 104 Å². The van der Waals surface area contributed by atoms with Gasteiger partial charge in [0.25, 0.3) is 0 Å². The van der Waals surface area contributed by atoms with Crippen LogP contribution in [-0.4, -0.2) is 29.2 Å². The maximum absolute atomic E-state index is 14.3. The van der Waals surface area contributed by atoms with Gasteiger partial charge in [-0.05, 0) is 37.3 Å². The Balaban J connectivity index is 2.14. The van der Waals surface area contributed by atoms with Gasteiger partial charge in [0, 0.05) is 6.16 Å². The molecule has 34 heavy (non-hydrogen) atoms. The topological polar surface area (TPSA) is 76.0 Å². The number of unbranched alkanes of at least 4 members (excludes halogenated alkanes) is 11. The second kappa shape index (κ2) is 18.1. The van der Waals surface area contributed by atoms with Crippen LogP contribution in [-0.2, 0) is 4.57 Å². The summed E-state index contributed by atoms with van der Waals surface area (Å²) in [5.41, 5.74) is 0. The minimum absolute atomic E-state index is 0.0222. The summed E-state index contributed by atoms with van der Waals surface area (Å²) in [5.74, 6) is -1.83. The molecule has 0 radical (unpaired) electrons. The lowest BCUT2D eigenvalue weighted by Crippen LogP contribution is -2.10. The summed E-state index contributed by atoms with van der Waals surface area (Å²) in [4.78, 5) is 17.6. The van der Waals surface area contributed by atoms with Crippen molar-refractivity contribution in [2.75, 3.05) is 19.4 Å². The van der Waals surface area contributed by atoms with Gasteiger partial charge in [0.15, 0.2) is 11.5 Å². The molecule has 198 valence electrons. The van der Waals surface area contributed by atoms with E-state index in [4.69, 9.17) is 19.3 Å². The first-order chi connectivity index (χ1) is 16.2. The second-order valence-corrected chi connectivity index (χ2v) is 11.2. The average Bonchev–Trinajstić information content (AvgIpc) is 2.78. The maximum atomic E-state index is 14.3. The second-order valence-electron chi connectivity index (χ2n) is 9.37. The van der Waals surface area contributed by atoms with Gasteiger partial charge in [-0.3, -0.25) is 4.57 Å². The van der Waals surface area contributed by atoms with E-state index in [2.05, 4.69) is 13.8 Å². The molecule has 1 unspecified atom stereocenters. The fourth-order valence-electron chi connectivity index (χ4n) is 3.81. The Labute approximate surface area is 204 Å². The molecule has 5 nitrogen and oxygen atoms in total. The molecule has 1 aromatic rings. The monoisotopic (exact) mass is 506 g/mol. The van der Waals surface area contributed by atoms with Crippen molar-refractivity contribution in [2.24, 2.45) is 5.92 Å². The summed E-state index contributed by atoms with van der Waals surface area (Å²) in [5, 5.41) is 0. The van der Waals surface area contributed by atoms with Gasteiger partial charge in [-0.25, -0.2) is 0 Å². The molecule has 8 heteroatoms. The third kappa shape index (κ3) is 15.0. The van der Waals surface area contributed by atoms with Crippen LogP contribution in [0.1, 0.15) is 104 Å².